The van der Waals surface area contributed by atoms with E-state index in [1.54, 1.807) is 0 Å². The van der Waals surface area contributed by atoms with Crippen molar-refractivity contribution in [3.05, 3.63) is 40.5 Å². The molecule has 0 saturated carbocycles. The fourth-order valence-electron chi connectivity index (χ4n) is 4.71. The molecular weight excluding hydrogens is 412 g/mol. The summed E-state index contributed by atoms with van der Waals surface area (Å²) in [6.07, 6.45) is 13.8. The minimum atomic E-state index is -0.427. The number of aryl methyl sites for hydroxylation is 1. The van der Waals surface area contributed by atoms with Gasteiger partial charge in [-0.1, -0.05) is 31.4 Å². The SMILES string of the molecule is CCCCCc1cc2c(c(O)c1C(=O)NC1CCN(C)CC1)C=CC(C)(CCC=C(C)C)O2. The van der Waals surface area contributed by atoms with E-state index in [0.29, 0.717) is 16.9 Å². The lowest BCUT2D eigenvalue weighted by molar-refractivity contribution is 0.0912. The van der Waals surface area contributed by atoms with Crippen molar-refractivity contribution in [1.29, 1.82) is 0 Å². The predicted molar refractivity (Wildman–Crippen MR) is 136 cm³/mol. The number of hydrogen-bond donors (Lipinski definition) is 2. The number of rotatable bonds is 9. The van der Waals surface area contributed by atoms with E-state index in [1.165, 1.54) is 5.57 Å². The van der Waals surface area contributed by atoms with Crippen LogP contribution in [0.25, 0.3) is 6.08 Å². The van der Waals surface area contributed by atoms with Crippen LogP contribution < -0.4 is 10.1 Å². The standard InChI is InChI=1S/C28H42N2O3/c1-6-7-8-11-21-19-24-23(12-16-28(4,33-24)15-9-10-20(2)3)26(31)25(21)27(32)29-22-13-17-30(5)18-14-22/h10,12,16,19,22,31H,6-9,11,13-15,17-18H2,1-5H3,(H,29,32). The molecule has 5 nitrogen and oxygen atoms in total. The number of piperidine rings is 1. The Bertz CT molecular complexity index is 893. The largest absolute Gasteiger partial charge is 0.506 e. The summed E-state index contributed by atoms with van der Waals surface area (Å²) in [5.74, 6) is 0.561. The van der Waals surface area contributed by atoms with Gasteiger partial charge in [0.2, 0.25) is 0 Å². The van der Waals surface area contributed by atoms with E-state index in [2.05, 4.69) is 51.0 Å². The zero-order chi connectivity index (χ0) is 24.0. The molecule has 1 atom stereocenters. The fraction of sp³-hybridized carbons (Fsp3) is 0.607. The number of amides is 1. The summed E-state index contributed by atoms with van der Waals surface area (Å²) in [4.78, 5) is 15.6. The summed E-state index contributed by atoms with van der Waals surface area (Å²) >= 11 is 0. The van der Waals surface area contributed by atoms with Crippen molar-refractivity contribution < 1.29 is 14.6 Å². The molecule has 2 heterocycles. The first-order valence-corrected chi connectivity index (χ1v) is 12.6. The lowest BCUT2D eigenvalue weighted by Gasteiger charge is -2.33. The summed E-state index contributed by atoms with van der Waals surface area (Å²) in [6, 6.07) is 2.15. The fourth-order valence-corrected chi connectivity index (χ4v) is 4.71. The summed E-state index contributed by atoms with van der Waals surface area (Å²) in [6.45, 7) is 10.4. The highest BCUT2D eigenvalue weighted by Crippen LogP contribution is 2.42. The molecule has 0 radical (unpaired) electrons. The van der Waals surface area contributed by atoms with Crippen LogP contribution in [0.2, 0.25) is 0 Å². The number of fused-ring (bicyclic) bond motifs is 1. The molecule has 1 amide bonds. The van der Waals surface area contributed by atoms with Crippen LogP contribution in [-0.4, -0.2) is 47.7 Å². The number of phenols is 1. The number of aromatic hydroxyl groups is 1. The van der Waals surface area contributed by atoms with Crippen LogP contribution in [0.4, 0.5) is 0 Å². The van der Waals surface area contributed by atoms with Gasteiger partial charge in [0.05, 0.1) is 11.1 Å². The summed E-state index contributed by atoms with van der Waals surface area (Å²) in [5, 5.41) is 14.4. The van der Waals surface area contributed by atoms with Gasteiger partial charge in [-0.05, 0) is 103 Å². The van der Waals surface area contributed by atoms with Crippen molar-refractivity contribution in [2.75, 3.05) is 20.1 Å². The van der Waals surface area contributed by atoms with Crippen LogP contribution in [0.1, 0.15) is 94.1 Å². The predicted octanol–water partition coefficient (Wildman–Crippen LogP) is 5.86. The molecule has 1 fully saturated rings. The highest BCUT2D eigenvalue weighted by Gasteiger charge is 2.31. The first kappa shape index (κ1) is 25.4. The third-order valence-corrected chi connectivity index (χ3v) is 6.85. The summed E-state index contributed by atoms with van der Waals surface area (Å²) < 4.78 is 6.41. The number of ether oxygens (including phenoxy) is 1. The van der Waals surface area contributed by atoms with Gasteiger partial charge >= 0.3 is 0 Å². The molecule has 0 aliphatic carbocycles. The van der Waals surface area contributed by atoms with Gasteiger partial charge in [-0.3, -0.25) is 4.79 Å². The molecule has 2 aliphatic heterocycles. The lowest BCUT2D eigenvalue weighted by atomic mass is 9.90. The number of carbonyl (C=O) groups is 1. The smallest absolute Gasteiger partial charge is 0.255 e. The Labute approximate surface area is 199 Å². The second-order valence-electron chi connectivity index (χ2n) is 10.2. The van der Waals surface area contributed by atoms with Crippen molar-refractivity contribution in [2.24, 2.45) is 0 Å². The van der Waals surface area contributed by atoms with Crippen LogP contribution in [-0.2, 0) is 6.42 Å². The Morgan fingerprint density at radius 1 is 1.30 bits per heavy atom. The second-order valence-corrected chi connectivity index (χ2v) is 10.2. The van der Waals surface area contributed by atoms with Gasteiger partial charge < -0.3 is 20.1 Å². The van der Waals surface area contributed by atoms with E-state index in [9.17, 15) is 9.90 Å². The molecule has 2 N–H and O–H groups in total. The van der Waals surface area contributed by atoms with E-state index >= 15 is 0 Å². The molecule has 1 saturated heterocycles. The molecule has 1 aromatic rings. The third-order valence-electron chi connectivity index (χ3n) is 6.85. The number of benzene rings is 1. The van der Waals surface area contributed by atoms with E-state index in [-0.39, 0.29) is 17.7 Å². The highest BCUT2D eigenvalue weighted by molar-refractivity contribution is 6.00. The van der Waals surface area contributed by atoms with Gasteiger partial charge in [0.1, 0.15) is 17.1 Å². The number of nitrogens with one attached hydrogen (secondary N) is 1. The Kier molecular flexibility index (Phi) is 8.63. The van der Waals surface area contributed by atoms with Gasteiger partial charge in [-0.15, -0.1) is 0 Å². The Morgan fingerprint density at radius 3 is 2.70 bits per heavy atom. The minimum absolute atomic E-state index is 0.0482. The van der Waals surface area contributed by atoms with Gasteiger partial charge in [0.15, 0.2) is 0 Å². The number of nitrogens with zero attached hydrogens (tertiary/aromatic N) is 1. The summed E-state index contributed by atoms with van der Waals surface area (Å²) in [7, 11) is 2.11. The van der Waals surface area contributed by atoms with Crippen molar-refractivity contribution in [3.8, 4) is 11.5 Å². The number of carbonyl (C=O) groups excluding carboxylic acids is 1. The molecule has 0 aromatic heterocycles. The molecule has 1 aromatic carbocycles. The van der Waals surface area contributed by atoms with Crippen LogP contribution >= 0.6 is 0 Å². The number of phenolic OH excluding ortho intramolecular Hbond substituents is 1. The van der Waals surface area contributed by atoms with Crippen molar-refractivity contribution in [1.82, 2.24) is 10.2 Å². The molecule has 0 bridgehead atoms. The quantitative estimate of drug-likeness (QED) is 0.362. The first-order chi connectivity index (χ1) is 15.7. The Balaban J connectivity index is 1.87. The molecule has 3 rings (SSSR count). The normalized spacial score (nSPS) is 20.8. The highest BCUT2D eigenvalue weighted by atomic mass is 16.5. The molecule has 5 heteroatoms. The molecule has 0 spiro atoms. The topological polar surface area (TPSA) is 61.8 Å². The monoisotopic (exact) mass is 454 g/mol. The lowest BCUT2D eigenvalue weighted by Crippen LogP contribution is -2.43. The molecule has 1 unspecified atom stereocenters. The van der Waals surface area contributed by atoms with E-state index < -0.39 is 5.60 Å². The van der Waals surface area contributed by atoms with Gasteiger partial charge in [0, 0.05) is 6.04 Å². The zero-order valence-electron chi connectivity index (χ0n) is 21.2. The molecular formula is C28H42N2O3. The molecule has 2 aliphatic rings. The Morgan fingerprint density at radius 2 is 2.03 bits per heavy atom. The number of unbranched alkanes of at least 4 members (excludes halogenated alkanes) is 2. The van der Waals surface area contributed by atoms with Crippen molar-refractivity contribution in [2.45, 2.75) is 90.7 Å². The van der Waals surface area contributed by atoms with Crippen LogP contribution in [0.15, 0.2) is 23.8 Å². The van der Waals surface area contributed by atoms with Crippen LogP contribution in [0.3, 0.4) is 0 Å². The van der Waals surface area contributed by atoms with Crippen LogP contribution in [0, 0.1) is 0 Å². The summed E-state index contributed by atoms with van der Waals surface area (Å²) in [5.41, 5.74) is 2.79. The van der Waals surface area contributed by atoms with Gasteiger partial charge in [0.25, 0.3) is 5.91 Å². The van der Waals surface area contributed by atoms with Crippen molar-refractivity contribution >= 4 is 12.0 Å². The maximum absolute atomic E-state index is 13.3. The average molecular weight is 455 g/mol. The number of allylic oxidation sites excluding steroid dienone is 2. The van der Waals surface area contributed by atoms with Gasteiger partial charge in [-0.25, -0.2) is 0 Å². The molecule has 182 valence electrons. The maximum Gasteiger partial charge on any atom is 0.255 e. The second kappa shape index (κ2) is 11.2. The number of likely N-dealkylation sites (tertiary alicyclic amines) is 1. The van der Waals surface area contributed by atoms with Gasteiger partial charge in [-0.2, -0.15) is 0 Å². The first-order valence-electron chi connectivity index (χ1n) is 12.6. The van der Waals surface area contributed by atoms with E-state index in [1.807, 2.05) is 18.2 Å². The minimum Gasteiger partial charge on any atom is -0.506 e. The number of hydrogen-bond acceptors (Lipinski definition) is 4. The Hall–Kier alpha value is -2.27. The van der Waals surface area contributed by atoms with Crippen molar-refractivity contribution in [3.63, 3.8) is 0 Å². The molecule has 33 heavy (non-hydrogen) atoms. The van der Waals surface area contributed by atoms with E-state index in [4.69, 9.17) is 4.74 Å². The third kappa shape index (κ3) is 6.63. The maximum atomic E-state index is 13.3. The van der Waals surface area contributed by atoms with E-state index in [0.717, 1.165) is 70.0 Å². The van der Waals surface area contributed by atoms with Crippen LogP contribution in [0.5, 0.6) is 11.5 Å². The zero-order valence-corrected chi connectivity index (χ0v) is 21.2. The average Bonchev–Trinajstić information content (AvgIpc) is 2.75.